The highest BCUT2D eigenvalue weighted by atomic mass is 35.5. The molecule has 1 aromatic heterocycles. The van der Waals surface area contributed by atoms with E-state index in [2.05, 4.69) is 20.2 Å². The van der Waals surface area contributed by atoms with E-state index >= 15 is 0 Å². The first kappa shape index (κ1) is 19.0. The summed E-state index contributed by atoms with van der Waals surface area (Å²) in [6.07, 6.45) is 1.67. The summed E-state index contributed by atoms with van der Waals surface area (Å²) in [5.41, 5.74) is 2.25. The lowest BCUT2D eigenvalue weighted by molar-refractivity contribution is 0.102. The maximum atomic E-state index is 12.5. The average molecular weight is 427 g/mol. The minimum atomic E-state index is -3.75. The third-order valence-corrected chi connectivity index (χ3v) is 5.87. The lowest BCUT2D eigenvalue weighted by atomic mass is 10.2. The quantitative estimate of drug-likeness (QED) is 0.443. The molecule has 4 aromatic rings. The van der Waals surface area contributed by atoms with Gasteiger partial charge >= 0.3 is 0 Å². The summed E-state index contributed by atoms with van der Waals surface area (Å²) < 4.78 is 27.3. The molecule has 1 heterocycles. The molecular weight excluding hydrogens is 412 g/mol. The maximum Gasteiger partial charge on any atom is 0.261 e. The predicted octanol–water partition coefficient (Wildman–Crippen LogP) is 4.27. The fourth-order valence-electron chi connectivity index (χ4n) is 2.74. The third kappa shape index (κ3) is 4.23. The number of hydrogen-bond donors (Lipinski definition) is 3. The van der Waals surface area contributed by atoms with Crippen LogP contribution >= 0.6 is 11.6 Å². The molecule has 0 aliphatic carbocycles. The molecule has 0 spiro atoms. The van der Waals surface area contributed by atoms with Gasteiger partial charge in [-0.15, -0.1) is 0 Å². The molecule has 1 amide bonds. The number of carbonyl (C=O) groups excluding carboxylic acids is 1. The van der Waals surface area contributed by atoms with Crippen molar-refractivity contribution in [3.63, 3.8) is 0 Å². The average Bonchev–Trinajstić information content (AvgIpc) is 3.16. The number of aromatic amines is 1. The Labute approximate surface area is 171 Å². The topological polar surface area (TPSA) is 104 Å². The smallest absolute Gasteiger partial charge is 0.261 e. The van der Waals surface area contributed by atoms with E-state index in [-0.39, 0.29) is 10.8 Å². The maximum absolute atomic E-state index is 12.5. The van der Waals surface area contributed by atoms with Crippen LogP contribution in [0.4, 0.5) is 11.4 Å². The molecular formula is C20H15ClN4O3S. The third-order valence-electron chi connectivity index (χ3n) is 4.22. The number of nitrogens with zero attached hydrogens (tertiary/aromatic N) is 1. The van der Waals surface area contributed by atoms with Gasteiger partial charge in [-0.25, -0.2) is 8.42 Å². The van der Waals surface area contributed by atoms with Crippen LogP contribution in [-0.4, -0.2) is 24.5 Å². The predicted molar refractivity (Wildman–Crippen MR) is 113 cm³/mol. The largest absolute Gasteiger partial charge is 0.322 e. The molecule has 29 heavy (non-hydrogen) atoms. The monoisotopic (exact) mass is 426 g/mol. The molecule has 0 bridgehead atoms. The molecule has 0 saturated heterocycles. The zero-order valence-electron chi connectivity index (χ0n) is 14.9. The van der Waals surface area contributed by atoms with Crippen molar-refractivity contribution in [1.82, 2.24) is 10.2 Å². The van der Waals surface area contributed by atoms with E-state index in [1.807, 2.05) is 12.1 Å². The van der Waals surface area contributed by atoms with Gasteiger partial charge in [-0.2, -0.15) is 5.10 Å². The van der Waals surface area contributed by atoms with Gasteiger partial charge in [0.2, 0.25) is 0 Å². The van der Waals surface area contributed by atoms with E-state index in [4.69, 9.17) is 11.6 Å². The van der Waals surface area contributed by atoms with Gasteiger partial charge in [0.05, 0.1) is 16.6 Å². The molecule has 0 aliphatic heterocycles. The first-order valence-electron chi connectivity index (χ1n) is 8.54. The van der Waals surface area contributed by atoms with Crippen molar-refractivity contribution in [1.29, 1.82) is 0 Å². The minimum Gasteiger partial charge on any atom is -0.322 e. The van der Waals surface area contributed by atoms with E-state index in [9.17, 15) is 13.2 Å². The first-order chi connectivity index (χ1) is 13.9. The number of fused-ring (bicyclic) bond motifs is 1. The van der Waals surface area contributed by atoms with Crippen molar-refractivity contribution in [2.45, 2.75) is 4.90 Å². The van der Waals surface area contributed by atoms with Crippen molar-refractivity contribution >= 4 is 49.8 Å². The van der Waals surface area contributed by atoms with Crippen LogP contribution in [0.1, 0.15) is 10.4 Å². The Kier molecular flexibility index (Phi) is 4.96. The van der Waals surface area contributed by atoms with Crippen molar-refractivity contribution in [3.8, 4) is 0 Å². The highest BCUT2D eigenvalue weighted by Crippen LogP contribution is 2.20. The lowest BCUT2D eigenvalue weighted by Gasteiger charge is -2.09. The van der Waals surface area contributed by atoms with Crippen molar-refractivity contribution in [2.75, 3.05) is 10.0 Å². The minimum absolute atomic E-state index is 0.0957. The van der Waals surface area contributed by atoms with Gasteiger partial charge in [0.25, 0.3) is 15.9 Å². The Balaban J connectivity index is 1.46. The molecule has 3 N–H and O–H groups in total. The molecule has 0 unspecified atom stereocenters. The Bertz CT molecular complexity index is 1280. The summed E-state index contributed by atoms with van der Waals surface area (Å²) in [7, 11) is -3.75. The van der Waals surface area contributed by atoms with Gasteiger partial charge in [-0.1, -0.05) is 11.6 Å². The number of nitrogens with one attached hydrogen (secondary N) is 3. The number of carbonyl (C=O) groups is 1. The van der Waals surface area contributed by atoms with E-state index in [0.29, 0.717) is 22.0 Å². The van der Waals surface area contributed by atoms with Crippen molar-refractivity contribution in [3.05, 3.63) is 83.5 Å². The number of halogens is 1. The molecule has 0 atom stereocenters. The number of hydrogen-bond acceptors (Lipinski definition) is 4. The standard InChI is InChI=1S/C20H15ClN4O3S/c21-15-3-8-18(9-4-15)29(27,28)25-16-5-1-13(2-6-16)20(26)23-17-7-10-19-14(11-17)12-22-24-19/h1-12,25H,(H,22,24)(H,23,26). The van der Waals surface area contributed by atoms with Gasteiger partial charge in [-0.05, 0) is 66.7 Å². The molecule has 9 heteroatoms. The Hall–Kier alpha value is -3.36. The summed E-state index contributed by atoms with van der Waals surface area (Å²) in [6.45, 7) is 0. The molecule has 7 nitrogen and oxygen atoms in total. The molecule has 0 aliphatic rings. The molecule has 3 aromatic carbocycles. The second kappa shape index (κ2) is 7.57. The van der Waals surface area contributed by atoms with E-state index in [0.717, 1.165) is 10.9 Å². The fourth-order valence-corrected chi connectivity index (χ4v) is 3.93. The fraction of sp³-hybridized carbons (Fsp3) is 0. The van der Waals surface area contributed by atoms with E-state index in [1.54, 1.807) is 24.4 Å². The number of sulfonamides is 1. The number of aromatic nitrogens is 2. The number of benzene rings is 3. The van der Waals surface area contributed by atoms with Gasteiger partial charge in [-0.3, -0.25) is 14.6 Å². The van der Waals surface area contributed by atoms with Crippen LogP contribution in [0.3, 0.4) is 0 Å². The van der Waals surface area contributed by atoms with Crippen LogP contribution in [0.25, 0.3) is 10.9 Å². The number of rotatable bonds is 5. The second-order valence-corrected chi connectivity index (χ2v) is 8.38. The van der Waals surface area contributed by atoms with E-state index in [1.165, 1.54) is 36.4 Å². The van der Waals surface area contributed by atoms with E-state index < -0.39 is 10.0 Å². The summed E-state index contributed by atoms with van der Waals surface area (Å²) in [5, 5.41) is 10.9. The Morgan fingerprint density at radius 1 is 0.931 bits per heavy atom. The van der Waals surface area contributed by atoms with Crippen molar-refractivity contribution in [2.24, 2.45) is 0 Å². The molecule has 0 radical (unpaired) electrons. The van der Waals surface area contributed by atoms with Gasteiger partial charge in [0.1, 0.15) is 0 Å². The van der Waals surface area contributed by atoms with Crippen LogP contribution in [0, 0.1) is 0 Å². The number of anilines is 2. The van der Waals surface area contributed by atoms with Crippen LogP contribution in [0.15, 0.2) is 77.8 Å². The summed E-state index contributed by atoms with van der Waals surface area (Å²) in [6, 6.07) is 17.4. The second-order valence-electron chi connectivity index (χ2n) is 6.26. The van der Waals surface area contributed by atoms with Gasteiger partial charge in [0, 0.05) is 27.3 Å². The summed E-state index contributed by atoms with van der Waals surface area (Å²) >= 11 is 5.79. The molecule has 0 fully saturated rings. The SMILES string of the molecule is O=C(Nc1ccc2[nH]ncc2c1)c1ccc(NS(=O)(=O)c2ccc(Cl)cc2)cc1. The molecule has 146 valence electrons. The number of amides is 1. The summed E-state index contributed by atoms with van der Waals surface area (Å²) in [5.74, 6) is -0.306. The highest BCUT2D eigenvalue weighted by Gasteiger charge is 2.14. The van der Waals surface area contributed by atoms with Crippen LogP contribution in [-0.2, 0) is 10.0 Å². The summed E-state index contributed by atoms with van der Waals surface area (Å²) in [4.78, 5) is 12.5. The van der Waals surface area contributed by atoms with Gasteiger partial charge < -0.3 is 5.32 Å². The van der Waals surface area contributed by atoms with Crippen LogP contribution in [0.2, 0.25) is 5.02 Å². The molecule has 0 saturated carbocycles. The normalized spacial score (nSPS) is 11.3. The lowest BCUT2D eigenvalue weighted by Crippen LogP contribution is -2.14. The first-order valence-corrected chi connectivity index (χ1v) is 10.4. The van der Waals surface area contributed by atoms with Crippen molar-refractivity contribution < 1.29 is 13.2 Å². The Morgan fingerprint density at radius 3 is 2.34 bits per heavy atom. The van der Waals surface area contributed by atoms with Gasteiger partial charge in [0.15, 0.2) is 0 Å². The highest BCUT2D eigenvalue weighted by molar-refractivity contribution is 7.92. The zero-order valence-corrected chi connectivity index (χ0v) is 16.5. The zero-order chi connectivity index (χ0) is 20.4. The van der Waals surface area contributed by atoms with Crippen LogP contribution in [0.5, 0.6) is 0 Å². The van der Waals surface area contributed by atoms with Crippen LogP contribution < -0.4 is 10.0 Å². The number of H-pyrrole nitrogens is 1. The Morgan fingerprint density at radius 2 is 1.62 bits per heavy atom. The molecule has 4 rings (SSSR count).